The van der Waals surface area contributed by atoms with Gasteiger partial charge in [0.25, 0.3) is 0 Å². The van der Waals surface area contributed by atoms with Gasteiger partial charge in [0.2, 0.25) is 0 Å². The van der Waals surface area contributed by atoms with Crippen LogP contribution < -0.4 is 5.73 Å². The van der Waals surface area contributed by atoms with Crippen LogP contribution >= 0.6 is 0 Å². The van der Waals surface area contributed by atoms with E-state index in [1.807, 2.05) is 0 Å². The molecule has 1 saturated carbocycles. The van der Waals surface area contributed by atoms with Gasteiger partial charge in [-0.05, 0) is 26.8 Å². The van der Waals surface area contributed by atoms with Crippen LogP contribution in [0, 0.1) is 0 Å². The molecule has 13 heavy (non-hydrogen) atoms. The fraction of sp³-hybridized carbons (Fsp3) is 1.00. The number of nitrogens with two attached hydrogens (primary N) is 1. The Kier molecular flexibility index (Phi) is 4.74. The molecule has 0 radical (unpaired) electrons. The number of hydrogen-bond acceptors (Lipinski definition) is 2. The maximum Gasteiger partial charge on any atom is 0.0139 e. The number of nitrogens with zero attached hydrogens (tertiary/aromatic N) is 1. The average Bonchev–Trinajstić information content (AvgIpc) is 2.29. The van der Waals surface area contributed by atoms with Gasteiger partial charge < -0.3 is 10.6 Å². The molecule has 0 aromatic heterocycles. The minimum atomic E-state index is 0.313. The van der Waals surface area contributed by atoms with Crippen molar-refractivity contribution >= 4 is 0 Å². The van der Waals surface area contributed by atoms with Gasteiger partial charge in [0.1, 0.15) is 0 Å². The second kappa shape index (κ2) is 5.61. The van der Waals surface area contributed by atoms with Gasteiger partial charge in [0, 0.05) is 18.6 Å². The zero-order chi connectivity index (χ0) is 9.68. The van der Waals surface area contributed by atoms with Crippen LogP contribution in [-0.4, -0.2) is 30.6 Å². The lowest BCUT2D eigenvalue weighted by molar-refractivity contribution is 0.212. The molecule has 0 aromatic rings. The van der Waals surface area contributed by atoms with Gasteiger partial charge in [-0.2, -0.15) is 0 Å². The summed E-state index contributed by atoms with van der Waals surface area (Å²) >= 11 is 0. The molecule has 2 heteroatoms. The molecule has 1 aliphatic carbocycles. The molecule has 0 aliphatic heterocycles. The Morgan fingerprint density at radius 2 is 1.77 bits per heavy atom. The van der Waals surface area contributed by atoms with Crippen LogP contribution in [-0.2, 0) is 0 Å². The van der Waals surface area contributed by atoms with Gasteiger partial charge in [-0.1, -0.05) is 25.7 Å². The molecule has 0 saturated heterocycles. The number of rotatable bonds is 3. The lowest BCUT2D eigenvalue weighted by atomic mass is 10.1. The van der Waals surface area contributed by atoms with Crippen LogP contribution in [0.2, 0.25) is 0 Å². The molecular weight excluding hydrogens is 160 g/mol. The van der Waals surface area contributed by atoms with Crippen LogP contribution in [0.1, 0.15) is 45.4 Å². The van der Waals surface area contributed by atoms with Gasteiger partial charge in [0.05, 0.1) is 0 Å². The van der Waals surface area contributed by atoms with E-state index in [0.29, 0.717) is 6.04 Å². The van der Waals surface area contributed by atoms with Gasteiger partial charge in [-0.15, -0.1) is 0 Å². The van der Waals surface area contributed by atoms with Gasteiger partial charge >= 0.3 is 0 Å². The first-order chi connectivity index (χ1) is 6.20. The molecule has 0 bridgehead atoms. The summed E-state index contributed by atoms with van der Waals surface area (Å²) in [6, 6.07) is 1.11. The van der Waals surface area contributed by atoms with E-state index in [1.165, 1.54) is 38.5 Å². The summed E-state index contributed by atoms with van der Waals surface area (Å²) in [5.41, 5.74) is 5.80. The van der Waals surface area contributed by atoms with Crippen molar-refractivity contribution < 1.29 is 0 Å². The molecule has 2 nitrogen and oxygen atoms in total. The average molecular weight is 184 g/mol. The fourth-order valence-electron chi connectivity index (χ4n) is 2.30. The van der Waals surface area contributed by atoms with E-state index in [4.69, 9.17) is 5.73 Å². The molecular formula is C11H24N2. The van der Waals surface area contributed by atoms with Crippen molar-refractivity contribution in [3.05, 3.63) is 0 Å². The van der Waals surface area contributed by atoms with Gasteiger partial charge in [-0.25, -0.2) is 0 Å². The third kappa shape index (κ3) is 4.10. The maximum absolute atomic E-state index is 5.80. The molecule has 0 spiro atoms. The van der Waals surface area contributed by atoms with Crippen molar-refractivity contribution in [1.29, 1.82) is 0 Å². The summed E-state index contributed by atoms with van der Waals surface area (Å²) in [5.74, 6) is 0. The predicted molar refractivity (Wildman–Crippen MR) is 57.8 cm³/mol. The fourth-order valence-corrected chi connectivity index (χ4v) is 2.30. The number of likely N-dealkylation sites (N-methyl/N-ethyl adjacent to an activating group) is 1. The monoisotopic (exact) mass is 184 g/mol. The Morgan fingerprint density at radius 3 is 2.23 bits per heavy atom. The smallest absolute Gasteiger partial charge is 0.0139 e. The molecule has 0 amide bonds. The van der Waals surface area contributed by atoms with Crippen molar-refractivity contribution in [2.24, 2.45) is 5.73 Å². The Balaban J connectivity index is 2.30. The Bertz CT molecular complexity index is 126. The summed E-state index contributed by atoms with van der Waals surface area (Å²) < 4.78 is 0. The largest absolute Gasteiger partial charge is 0.327 e. The van der Waals surface area contributed by atoms with Crippen molar-refractivity contribution in [3.63, 3.8) is 0 Å². The van der Waals surface area contributed by atoms with Crippen LogP contribution in [0.15, 0.2) is 0 Å². The van der Waals surface area contributed by atoms with E-state index in [2.05, 4.69) is 18.9 Å². The highest BCUT2D eigenvalue weighted by Crippen LogP contribution is 2.20. The normalized spacial score (nSPS) is 23.1. The van der Waals surface area contributed by atoms with E-state index >= 15 is 0 Å². The van der Waals surface area contributed by atoms with Crippen molar-refractivity contribution in [1.82, 2.24) is 4.90 Å². The zero-order valence-corrected chi connectivity index (χ0v) is 9.13. The Hall–Kier alpha value is -0.0800. The van der Waals surface area contributed by atoms with Crippen LogP contribution in [0.3, 0.4) is 0 Å². The van der Waals surface area contributed by atoms with Crippen LogP contribution in [0.4, 0.5) is 0 Å². The first-order valence-corrected chi connectivity index (χ1v) is 5.66. The second-order valence-electron chi connectivity index (χ2n) is 4.56. The topological polar surface area (TPSA) is 29.3 Å². The molecule has 78 valence electrons. The van der Waals surface area contributed by atoms with E-state index in [-0.39, 0.29) is 0 Å². The third-order valence-electron chi connectivity index (χ3n) is 3.02. The maximum atomic E-state index is 5.80. The second-order valence-corrected chi connectivity index (χ2v) is 4.56. The first kappa shape index (κ1) is 11.0. The minimum Gasteiger partial charge on any atom is -0.327 e. The van der Waals surface area contributed by atoms with E-state index in [9.17, 15) is 0 Å². The highest BCUT2D eigenvalue weighted by molar-refractivity contribution is 4.74. The summed E-state index contributed by atoms with van der Waals surface area (Å²) in [4.78, 5) is 2.45. The molecule has 2 N–H and O–H groups in total. The Morgan fingerprint density at radius 1 is 1.23 bits per heavy atom. The summed E-state index contributed by atoms with van der Waals surface area (Å²) in [6.45, 7) is 3.14. The lowest BCUT2D eigenvalue weighted by Gasteiger charge is -2.28. The third-order valence-corrected chi connectivity index (χ3v) is 3.02. The van der Waals surface area contributed by atoms with E-state index in [1.54, 1.807) is 0 Å². The van der Waals surface area contributed by atoms with Crippen molar-refractivity contribution in [2.75, 3.05) is 13.6 Å². The molecule has 0 heterocycles. The summed E-state index contributed by atoms with van der Waals surface area (Å²) in [5, 5.41) is 0. The molecule has 0 aromatic carbocycles. The predicted octanol–water partition coefficient (Wildman–Crippen LogP) is 1.99. The standard InChI is InChI=1S/C11H24N2/c1-10(12)9-13(2)11-7-5-3-4-6-8-11/h10-11H,3-9,12H2,1-2H3. The summed E-state index contributed by atoms with van der Waals surface area (Å²) in [6.07, 6.45) is 8.44. The summed E-state index contributed by atoms with van der Waals surface area (Å²) in [7, 11) is 2.22. The highest BCUT2D eigenvalue weighted by Gasteiger charge is 2.17. The first-order valence-electron chi connectivity index (χ1n) is 5.66. The lowest BCUT2D eigenvalue weighted by Crippen LogP contribution is -2.39. The zero-order valence-electron chi connectivity index (χ0n) is 9.13. The van der Waals surface area contributed by atoms with Crippen molar-refractivity contribution in [3.8, 4) is 0 Å². The van der Waals surface area contributed by atoms with Crippen molar-refractivity contribution in [2.45, 2.75) is 57.5 Å². The molecule has 1 fully saturated rings. The molecule has 1 unspecified atom stereocenters. The quantitative estimate of drug-likeness (QED) is 0.680. The Labute approximate surface area is 82.5 Å². The highest BCUT2D eigenvalue weighted by atomic mass is 15.1. The minimum absolute atomic E-state index is 0.313. The molecule has 1 aliphatic rings. The van der Waals surface area contributed by atoms with Crippen LogP contribution in [0.5, 0.6) is 0 Å². The van der Waals surface area contributed by atoms with E-state index in [0.717, 1.165) is 12.6 Å². The van der Waals surface area contributed by atoms with E-state index < -0.39 is 0 Å². The van der Waals surface area contributed by atoms with Gasteiger partial charge in [0.15, 0.2) is 0 Å². The molecule has 1 atom stereocenters. The van der Waals surface area contributed by atoms with Gasteiger partial charge in [-0.3, -0.25) is 0 Å². The number of hydrogen-bond donors (Lipinski definition) is 1. The SMILES string of the molecule is CC(N)CN(C)C1CCCCCC1. The molecule has 1 rings (SSSR count). The van der Waals surface area contributed by atoms with Crippen LogP contribution in [0.25, 0.3) is 0 Å².